The molecule has 0 N–H and O–H groups in total. The van der Waals surface area contributed by atoms with Gasteiger partial charge in [0.2, 0.25) is 0 Å². The molecule has 1 aromatic carbocycles. The van der Waals surface area contributed by atoms with E-state index in [0.717, 1.165) is 0 Å². The molecule has 0 amide bonds. The summed E-state index contributed by atoms with van der Waals surface area (Å²) in [6.45, 7) is 9.93. The Morgan fingerprint density at radius 3 is 2.16 bits per heavy atom. The molecule has 1 aromatic rings. The number of rotatable bonds is 6. The van der Waals surface area contributed by atoms with Gasteiger partial charge in [0.25, 0.3) is 12.7 Å². The second-order valence-corrected chi connectivity index (χ2v) is 5.01. The molecule has 1 rings (SSSR count). The summed E-state index contributed by atoms with van der Waals surface area (Å²) in [5.74, 6) is 0.435. The minimum atomic E-state index is -1.63. The van der Waals surface area contributed by atoms with Gasteiger partial charge in [-0.15, -0.1) is 0 Å². The molecule has 0 aliphatic rings. The van der Waals surface area contributed by atoms with Crippen LogP contribution in [0.2, 0.25) is 0 Å². The van der Waals surface area contributed by atoms with Crippen LogP contribution in [0.1, 0.15) is 13.8 Å². The molecule has 0 heterocycles. The van der Waals surface area contributed by atoms with Crippen molar-refractivity contribution in [2.45, 2.75) is 26.6 Å². The molecular formula is C14H15BrF2O2. The molecular weight excluding hydrogens is 318 g/mol. The largest absolute Gasteiger partial charge is 0.456 e. The summed E-state index contributed by atoms with van der Waals surface area (Å²) < 4.78 is 37.4. The van der Waals surface area contributed by atoms with Gasteiger partial charge in [-0.1, -0.05) is 13.2 Å². The number of benzene rings is 1. The summed E-state index contributed by atoms with van der Waals surface area (Å²) in [5.41, 5.74) is 0.485. The molecule has 0 aliphatic carbocycles. The normalized spacial score (nSPS) is 13.5. The first-order valence-electron chi connectivity index (χ1n) is 5.53. The van der Waals surface area contributed by atoms with E-state index in [4.69, 9.17) is 9.47 Å². The van der Waals surface area contributed by atoms with E-state index < -0.39 is 12.7 Å². The standard InChI is InChI=1S/C14H15BrF2O2/c1-8(2)13(16)18-10-5-6-11(15)12(7-10)19-14(17)9(3)4/h5-7,13-14H,1,3H2,2,4H3. The van der Waals surface area contributed by atoms with Gasteiger partial charge in [-0.05, 0) is 53.1 Å². The van der Waals surface area contributed by atoms with Crippen LogP contribution in [-0.4, -0.2) is 12.7 Å². The maximum absolute atomic E-state index is 13.4. The van der Waals surface area contributed by atoms with Crippen molar-refractivity contribution in [1.29, 1.82) is 0 Å². The number of halogens is 3. The molecule has 0 radical (unpaired) electrons. The lowest BCUT2D eigenvalue weighted by atomic mass is 10.3. The third-order valence-corrected chi connectivity index (χ3v) is 2.80. The van der Waals surface area contributed by atoms with E-state index in [-0.39, 0.29) is 22.6 Å². The van der Waals surface area contributed by atoms with Gasteiger partial charge in [0.1, 0.15) is 11.5 Å². The number of ether oxygens (including phenoxy) is 2. The fraction of sp³-hybridized carbons (Fsp3) is 0.286. The molecule has 0 fully saturated rings. The lowest BCUT2D eigenvalue weighted by Crippen LogP contribution is -2.12. The molecule has 0 bridgehead atoms. The molecule has 104 valence electrons. The summed E-state index contributed by atoms with van der Waals surface area (Å²) in [4.78, 5) is 0. The SMILES string of the molecule is C=C(C)C(F)Oc1ccc(Br)c(OC(F)C(=C)C)c1. The van der Waals surface area contributed by atoms with E-state index in [1.54, 1.807) is 12.1 Å². The van der Waals surface area contributed by atoms with E-state index in [1.165, 1.54) is 19.9 Å². The van der Waals surface area contributed by atoms with Gasteiger partial charge in [0, 0.05) is 6.07 Å². The average Bonchev–Trinajstić information content (AvgIpc) is 2.32. The molecule has 5 heteroatoms. The quantitative estimate of drug-likeness (QED) is 0.686. The summed E-state index contributed by atoms with van der Waals surface area (Å²) in [6.07, 6.45) is -3.25. The van der Waals surface area contributed by atoms with Crippen LogP contribution in [0.25, 0.3) is 0 Å². The zero-order chi connectivity index (χ0) is 14.6. The highest BCUT2D eigenvalue weighted by Crippen LogP contribution is 2.32. The van der Waals surface area contributed by atoms with E-state index in [9.17, 15) is 8.78 Å². The van der Waals surface area contributed by atoms with E-state index in [0.29, 0.717) is 4.47 Å². The summed E-state index contributed by atoms with van der Waals surface area (Å²) >= 11 is 3.22. The van der Waals surface area contributed by atoms with Crippen molar-refractivity contribution in [1.82, 2.24) is 0 Å². The van der Waals surface area contributed by atoms with Crippen LogP contribution in [0, 0.1) is 0 Å². The zero-order valence-electron chi connectivity index (χ0n) is 10.8. The first kappa shape index (κ1) is 15.7. The number of hydrogen-bond donors (Lipinski definition) is 0. The highest BCUT2D eigenvalue weighted by Gasteiger charge is 2.14. The monoisotopic (exact) mass is 332 g/mol. The highest BCUT2D eigenvalue weighted by molar-refractivity contribution is 9.10. The first-order valence-corrected chi connectivity index (χ1v) is 6.32. The van der Waals surface area contributed by atoms with Crippen LogP contribution >= 0.6 is 15.9 Å². The Bertz CT molecular complexity index is 488. The molecule has 0 aromatic heterocycles. The van der Waals surface area contributed by atoms with Gasteiger partial charge in [-0.25, -0.2) is 0 Å². The van der Waals surface area contributed by atoms with E-state index in [2.05, 4.69) is 29.1 Å². The highest BCUT2D eigenvalue weighted by atomic mass is 79.9. The smallest absolute Gasteiger partial charge is 0.259 e. The fourth-order valence-corrected chi connectivity index (χ4v) is 1.42. The Morgan fingerprint density at radius 1 is 1.11 bits per heavy atom. The predicted molar refractivity (Wildman–Crippen MR) is 74.8 cm³/mol. The number of alkyl halides is 2. The van der Waals surface area contributed by atoms with Crippen LogP contribution < -0.4 is 9.47 Å². The average molecular weight is 333 g/mol. The molecule has 19 heavy (non-hydrogen) atoms. The lowest BCUT2D eigenvalue weighted by molar-refractivity contribution is 0.0941. The minimum absolute atomic E-state index is 0.210. The van der Waals surface area contributed by atoms with Gasteiger partial charge < -0.3 is 9.47 Å². The minimum Gasteiger partial charge on any atom is -0.456 e. The van der Waals surface area contributed by atoms with E-state index in [1.807, 2.05) is 0 Å². The third-order valence-electron chi connectivity index (χ3n) is 2.15. The molecule has 2 unspecified atom stereocenters. The molecule has 2 atom stereocenters. The predicted octanol–water partition coefficient (Wildman–Crippen LogP) is 4.95. The zero-order valence-corrected chi connectivity index (χ0v) is 12.3. The van der Waals surface area contributed by atoms with E-state index >= 15 is 0 Å². The molecule has 2 nitrogen and oxygen atoms in total. The molecule has 0 saturated heterocycles. The second kappa shape index (κ2) is 6.70. The van der Waals surface area contributed by atoms with Crippen LogP contribution in [0.4, 0.5) is 8.78 Å². The third kappa shape index (κ3) is 4.67. The van der Waals surface area contributed by atoms with Gasteiger partial charge in [-0.2, -0.15) is 8.78 Å². The molecule has 0 spiro atoms. The van der Waals surface area contributed by atoms with Crippen molar-refractivity contribution in [3.63, 3.8) is 0 Å². The van der Waals surface area contributed by atoms with Crippen molar-refractivity contribution in [3.05, 3.63) is 47.0 Å². The van der Waals surface area contributed by atoms with Crippen molar-refractivity contribution >= 4 is 15.9 Å². The summed E-state index contributed by atoms with van der Waals surface area (Å²) in [5, 5.41) is 0. The maximum atomic E-state index is 13.4. The Hall–Kier alpha value is -1.36. The fourth-order valence-electron chi connectivity index (χ4n) is 1.08. The second-order valence-electron chi connectivity index (χ2n) is 4.15. The Balaban J connectivity index is 2.88. The van der Waals surface area contributed by atoms with Crippen LogP contribution in [0.15, 0.2) is 47.0 Å². The van der Waals surface area contributed by atoms with Gasteiger partial charge in [-0.3, -0.25) is 0 Å². The van der Waals surface area contributed by atoms with Crippen molar-refractivity contribution in [3.8, 4) is 11.5 Å². The van der Waals surface area contributed by atoms with Crippen molar-refractivity contribution in [2.75, 3.05) is 0 Å². The van der Waals surface area contributed by atoms with Gasteiger partial charge >= 0.3 is 0 Å². The van der Waals surface area contributed by atoms with Crippen LogP contribution in [0.3, 0.4) is 0 Å². The summed E-state index contributed by atoms with van der Waals surface area (Å²) in [6, 6.07) is 4.52. The Morgan fingerprint density at radius 2 is 1.63 bits per heavy atom. The van der Waals surface area contributed by atoms with Crippen LogP contribution in [-0.2, 0) is 0 Å². The van der Waals surface area contributed by atoms with Gasteiger partial charge in [0.15, 0.2) is 0 Å². The molecule has 0 saturated carbocycles. The molecule has 0 aliphatic heterocycles. The van der Waals surface area contributed by atoms with Gasteiger partial charge in [0.05, 0.1) is 4.47 Å². The van der Waals surface area contributed by atoms with Crippen molar-refractivity contribution in [2.24, 2.45) is 0 Å². The summed E-state index contributed by atoms with van der Waals surface area (Å²) in [7, 11) is 0. The van der Waals surface area contributed by atoms with Crippen LogP contribution in [0.5, 0.6) is 11.5 Å². The Kier molecular flexibility index (Phi) is 5.54. The lowest BCUT2D eigenvalue weighted by Gasteiger charge is -2.15. The topological polar surface area (TPSA) is 18.5 Å². The Labute approximate surface area is 119 Å². The number of hydrogen-bond acceptors (Lipinski definition) is 2. The maximum Gasteiger partial charge on any atom is 0.259 e. The van der Waals surface area contributed by atoms with Crippen molar-refractivity contribution < 1.29 is 18.3 Å². The first-order chi connectivity index (χ1) is 8.81.